The number of amides is 1. The van der Waals surface area contributed by atoms with Crippen molar-refractivity contribution in [2.24, 2.45) is 0 Å². The highest BCUT2D eigenvalue weighted by atomic mass is 32.1. The van der Waals surface area contributed by atoms with E-state index in [0.717, 1.165) is 35.4 Å². The van der Waals surface area contributed by atoms with Crippen molar-refractivity contribution >= 4 is 49.1 Å². The molecule has 0 atom stereocenters. The Hall–Kier alpha value is -4.15. The van der Waals surface area contributed by atoms with Gasteiger partial charge in [0.15, 0.2) is 17.3 Å². The summed E-state index contributed by atoms with van der Waals surface area (Å²) in [7, 11) is 0. The van der Waals surface area contributed by atoms with E-state index in [1.165, 1.54) is 17.4 Å². The molecule has 0 fully saturated rings. The van der Waals surface area contributed by atoms with Crippen LogP contribution in [0.25, 0.3) is 26.1 Å². The number of anilines is 1. The number of carbonyl (C=O) groups excluding carboxylic acids is 1. The van der Waals surface area contributed by atoms with E-state index < -0.39 is 17.2 Å². The van der Waals surface area contributed by atoms with Gasteiger partial charge < -0.3 is 10.6 Å². The fraction of sp³-hybridized carbons (Fsp3) is 0.185. The largest absolute Gasteiger partial charge is 0.366 e. The molecule has 0 unspecified atom stereocenters. The molecule has 1 amide bonds. The van der Waals surface area contributed by atoms with E-state index >= 15 is 4.39 Å². The third-order valence-corrected chi connectivity index (χ3v) is 7.56. The number of nitrogens with one attached hydrogen (secondary N) is 2. The lowest BCUT2D eigenvalue weighted by Crippen LogP contribution is -2.29. The molecule has 0 saturated carbocycles. The predicted octanol–water partition coefficient (Wildman–Crippen LogP) is 3.81. The van der Waals surface area contributed by atoms with Crippen LogP contribution in [0.4, 0.5) is 10.2 Å². The number of hydrogen-bond acceptors (Lipinski definition) is 7. The Kier molecular flexibility index (Phi) is 6.11. The number of para-hydroxylation sites is 1. The Labute approximate surface area is 215 Å². The van der Waals surface area contributed by atoms with E-state index in [1.54, 1.807) is 28.9 Å². The molecule has 4 aromatic heterocycles. The molecule has 37 heavy (non-hydrogen) atoms. The second kappa shape index (κ2) is 9.72. The molecule has 0 bridgehead atoms. The number of fused-ring (bicyclic) bond motifs is 5. The zero-order valence-electron chi connectivity index (χ0n) is 19.8. The number of benzene rings is 1. The van der Waals surface area contributed by atoms with Gasteiger partial charge in [-0.05, 0) is 35.9 Å². The van der Waals surface area contributed by atoms with Crippen molar-refractivity contribution in [3.05, 3.63) is 94.2 Å². The molecule has 5 heterocycles. The molecular weight excluding hydrogens is 491 g/mol. The predicted molar refractivity (Wildman–Crippen MR) is 144 cm³/mol. The normalized spacial score (nSPS) is 13.6. The number of carbonyl (C=O) groups is 1. The first kappa shape index (κ1) is 23.3. The van der Waals surface area contributed by atoms with Gasteiger partial charge in [-0.1, -0.05) is 24.3 Å². The quantitative estimate of drug-likeness (QED) is 0.321. The first-order valence-electron chi connectivity index (χ1n) is 11.9. The zero-order chi connectivity index (χ0) is 25.4. The molecule has 0 radical (unpaired) electrons. The Morgan fingerprint density at radius 3 is 2.70 bits per heavy atom. The summed E-state index contributed by atoms with van der Waals surface area (Å²) in [6.45, 7) is 3.23. The third kappa shape index (κ3) is 4.34. The van der Waals surface area contributed by atoms with Crippen molar-refractivity contribution in [3.63, 3.8) is 0 Å². The summed E-state index contributed by atoms with van der Waals surface area (Å²) in [6.07, 6.45) is 7.48. The Balaban J connectivity index is 1.44. The summed E-state index contributed by atoms with van der Waals surface area (Å²) >= 11 is 1.34. The lowest BCUT2D eigenvalue weighted by Gasteiger charge is -2.16. The maximum atomic E-state index is 15.1. The van der Waals surface area contributed by atoms with Crippen LogP contribution in [-0.2, 0) is 6.54 Å². The molecule has 0 saturated heterocycles. The van der Waals surface area contributed by atoms with Crippen LogP contribution >= 0.6 is 11.3 Å². The number of nitrogens with zero attached hydrogens (tertiary/aromatic N) is 4. The molecule has 8 nitrogen and oxygen atoms in total. The molecule has 186 valence electrons. The van der Waals surface area contributed by atoms with Crippen LogP contribution in [0.1, 0.15) is 15.9 Å². The molecule has 2 N–H and O–H groups in total. The highest BCUT2D eigenvalue weighted by Crippen LogP contribution is 2.31. The van der Waals surface area contributed by atoms with Gasteiger partial charge in [-0.25, -0.2) is 9.37 Å². The molecule has 1 aliphatic heterocycles. The average molecular weight is 515 g/mol. The van der Waals surface area contributed by atoms with E-state index in [4.69, 9.17) is 0 Å². The Bertz CT molecular complexity index is 1720. The first-order valence-corrected chi connectivity index (χ1v) is 12.8. The summed E-state index contributed by atoms with van der Waals surface area (Å²) in [6, 6.07) is 12.4. The van der Waals surface area contributed by atoms with E-state index in [0.29, 0.717) is 17.0 Å². The van der Waals surface area contributed by atoms with E-state index in [1.807, 2.05) is 24.3 Å². The van der Waals surface area contributed by atoms with Gasteiger partial charge in [-0.3, -0.25) is 23.9 Å². The zero-order valence-corrected chi connectivity index (χ0v) is 20.6. The molecule has 1 aromatic carbocycles. The molecule has 0 spiro atoms. The van der Waals surface area contributed by atoms with E-state index in [-0.39, 0.29) is 23.3 Å². The minimum atomic E-state index is -0.633. The summed E-state index contributed by atoms with van der Waals surface area (Å²) < 4.78 is 17.8. The highest BCUT2D eigenvalue weighted by molar-refractivity contribution is 7.24. The van der Waals surface area contributed by atoms with Crippen LogP contribution in [0.15, 0.2) is 71.8 Å². The smallest absolute Gasteiger partial charge is 0.258 e. The van der Waals surface area contributed by atoms with E-state index in [2.05, 4.69) is 37.7 Å². The van der Waals surface area contributed by atoms with Gasteiger partial charge in [0.2, 0.25) is 5.43 Å². The third-order valence-electron chi connectivity index (χ3n) is 6.41. The monoisotopic (exact) mass is 514 g/mol. The second-order valence-corrected chi connectivity index (χ2v) is 9.83. The van der Waals surface area contributed by atoms with Crippen LogP contribution in [0.3, 0.4) is 0 Å². The number of rotatable bonds is 7. The van der Waals surface area contributed by atoms with Gasteiger partial charge in [0.1, 0.15) is 10.4 Å². The minimum Gasteiger partial charge on any atom is -0.366 e. The number of thiazole rings is 1. The van der Waals surface area contributed by atoms with Crippen LogP contribution in [0.5, 0.6) is 0 Å². The van der Waals surface area contributed by atoms with Crippen LogP contribution < -0.4 is 16.1 Å². The van der Waals surface area contributed by atoms with E-state index in [9.17, 15) is 9.59 Å². The maximum Gasteiger partial charge on any atom is 0.258 e. The Morgan fingerprint density at radius 1 is 1.11 bits per heavy atom. The number of hydrogen-bond donors (Lipinski definition) is 2. The molecule has 0 aliphatic carbocycles. The molecule has 10 heteroatoms. The SMILES string of the molecule is O=C(NCc1ccncc1)c1c(=O)c2cc(F)c(NCCN3CC=CC3)nc2n2c1sc1ccccc12. The Morgan fingerprint density at radius 2 is 1.89 bits per heavy atom. The van der Waals surface area contributed by atoms with Crippen LogP contribution in [0.2, 0.25) is 0 Å². The van der Waals surface area contributed by atoms with Crippen molar-refractivity contribution in [1.82, 2.24) is 24.6 Å². The molecular formula is C27H23FN6O2S. The van der Waals surface area contributed by atoms with Crippen LogP contribution in [0, 0.1) is 5.82 Å². The van der Waals surface area contributed by atoms with Crippen molar-refractivity contribution in [3.8, 4) is 0 Å². The average Bonchev–Trinajstić information content (AvgIpc) is 3.57. The summed E-state index contributed by atoms with van der Waals surface area (Å²) in [5, 5.41) is 5.97. The lowest BCUT2D eigenvalue weighted by atomic mass is 10.1. The number of aromatic nitrogens is 3. The first-order chi connectivity index (χ1) is 18.1. The van der Waals surface area contributed by atoms with Gasteiger partial charge in [0.25, 0.3) is 5.91 Å². The highest BCUT2D eigenvalue weighted by Gasteiger charge is 2.24. The van der Waals surface area contributed by atoms with Crippen molar-refractivity contribution < 1.29 is 9.18 Å². The van der Waals surface area contributed by atoms with Gasteiger partial charge in [-0.2, -0.15) is 0 Å². The van der Waals surface area contributed by atoms with Crippen molar-refractivity contribution in [1.29, 1.82) is 0 Å². The molecule has 5 aromatic rings. The van der Waals surface area contributed by atoms with Gasteiger partial charge in [0, 0.05) is 45.1 Å². The molecule has 1 aliphatic rings. The summed E-state index contributed by atoms with van der Waals surface area (Å²) in [5.74, 6) is -1.07. The van der Waals surface area contributed by atoms with Crippen molar-refractivity contribution in [2.75, 3.05) is 31.5 Å². The van der Waals surface area contributed by atoms with Gasteiger partial charge in [-0.15, -0.1) is 11.3 Å². The van der Waals surface area contributed by atoms with Gasteiger partial charge >= 0.3 is 0 Å². The molecule has 6 rings (SSSR count). The number of pyridine rings is 3. The lowest BCUT2D eigenvalue weighted by molar-refractivity contribution is 0.0951. The fourth-order valence-corrected chi connectivity index (χ4v) is 5.72. The summed E-state index contributed by atoms with van der Waals surface area (Å²) in [4.78, 5) is 38.2. The summed E-state index contributed by atoms with van der Waals surface area (Å²) in [5.41, 5.74) is 1.39. The van der Waals surface area contributed by atoms with Crippen LogP contribution in [-0.4, -0.2) is 51.4 Å². The standard InChI is InChI=1S/C27H23FN6O2S/c28-19-15-18-23(35)22(26(36)31-16-17-7-9-29-10-8-17)27-34(20-5-1-2-6-21(20)37-27)25(18)32-24(19)30-11-14-33-12-3-4-13-33/h1-10,15H,11-14,16H2,(H,30,32)(H,31,36). The second-order valence-electron chi connectivity index (χ2n) is 8.80. The number of halogens is 1. The van der Waals surface area contributed by atoms with Gasteiger partial charge in [0.05, 0.1) is 15.6 Å². The maximum absolute atomic E-state index is 15.1. The van der Waals surface area contributed by atoms with Crippen molar-refractivity contribution in [2.45, 2.75) is 6.54 Å². The topological polar surface area (TPSA) is 91.6 Å². The minimum absolute atomic E-state index is 0.0220. The fourth-order valence-electron chi connectivity index (χ4n) is 4.54.